The molecule has 25 heavy (non-hydrogen) atoms. The molecule has 0 aromatic heterocycles. The van der Waals surface area contributed by atoms with Gasteiger partial charge in [0.15, 0.2) is 0 Å². The smallest absolute Gasteiger partial charge is 0.349 e. The van der Waals surface area contributed by atoms with Gasteiger partial charge in [-0.15, -0.1) is 0 Å². The van der Waals surface area contributed by atoms with Crippen LogP contribution in [0.2, 0.25) is 0 Å². The molecule has 1 aliphatic carbocycles. The van der Waals surface area contributed by atoms with E-state index in [1.807, 2.05) is 24.3 Å². The van der Waals surface area contributed by atoms with Crippen LogP contribution in [0.5, 0.6) is 0 Å². The molecule has 2 nitrogen and oxygen atoms in total. The lowest BCUT2D eigenvalue weighted by atomic mass is 9.93. The Labute approximate surface area is 152 Å². The standard InChI is InChI=1S/C19H17BrF3NO/c20-16-10-4-2-6-12(16)13-8-5-11-17(13)24-18(25)14-7-1-3-9-15(14)19(21,22)23/h1-4,6-7,9-10,13,17H,5,8,11H2,(H,24,25)/t13-,17-/m0/s1. The maximum Gasteiger partial charge on any atom is 0.417 e. The lowest BCUT2D eigenvalue weighted by Crippen LogP contribution is -2.37. The van der Waals surface area contributed by atoms with Crippen LogP contribution in [0.3, 0.4) is 0 Å². The molecule has 3 rings (SSSR count). The van der Waals surface area contributed by atoms with Crippen LogP contribution in [0.1, 0.15) is 46.7 Å². The average Bonchev–Trinajstić information content (AvgIpc) is 3.02. The fraction of sp³-hybridized carbons (Fsp3) is 0.316. The summed E-state index contributed by atoms with van der Waals surface area (Å²) in [7, 11) is 0. The van der Waals surface area contributed by atoms with Crippen LogP contribution in [0.25, 0.3) is 0 Å². The van der Waals surface area contributed by atoms with Gasteiger partial charge in [-0.05, 0) is 36.6 Å². The van der Waals surface area contributed by atoms with Gasteiger partial charge in [0, 0.05) is 16.4 Å². The van der Waals surface area contributed by atoms with E-state index in [9.17, 15) is 18.0 Å². The molecular weight excluding hydrogens is 395 g/mol. The van der Waals surface area contributed by atoms with Crippen LogP contribution in [-0.4, -0.2) is 11.9 Å². The maximum atomic E-state index is 13.1. The zero-order valence-electron chi connectivity index (χ0n) is 13.3. The third-order valence-corrected chi connectivity index (χ3v) is 5.34. The van der Waals surface area contributed by atoms with Gasteiger partial charge in [-0.2, -0.15) is 13.2 Å². The lowest BCUT2D eigenvalue weighted by molar-refractivity contribution is -0.137. The van der Waals surface area contributed by atoms with Crippen molar-refractivity contribution >= 4 is 21.8 Å². The SMILES string of the molecule is O=C(N[C@H]1CCC[C@H]1c1ccccc1Br)c1ccccc1C(F)(F)F. The van der Waals surface area contributed by atoms with Crippen molar-refractivity contribution in [2.75, 3.05) is 0 Å². The second kappa shape index (κ2) is 7.20. The number of carbonyl (C=O) groups excluding carboxylic acids is 1. The van der Waals surface area contributed by atoms with Gasteiger partial charge >= 0.3 is 6.18 Å². The monoisotopic (exact) mass is 411 g/mol. The minimum atomic E-state index is -4.55. The van der Waals surface area contributed by atoms with Crippen LogP contribution in [0.4, 0.5) is 13.2 Å². The van der Waals surface area contributed by atoms with Gasteiger partial charge in [0.25, 0.3) is 5.91 Å². The van der Waals surface area contributed by atoms with Crippen LogP contribution in [0, 0.1) is 0 Å². The Balaban J connectivity index is 1.83. The van der Waals surface area contributed by atoms with Crippen molar-refractivity contribution in [2.45, 2.75) is 37.4 Å². The third kappa shape index (κ3) is 3.89. The van der Waals surface area contributed by atoms with E-state index in [1.165, 1.54) is 18.2 Å². The summed E-state index contributed by atoms with van der Waals surface area (Å²) in [6, 6.07) is 12.5. The Morgan fingerprint density at radius 1 is 1.04 bits per heavy atom. The van der Waals surface area contributed by atoms with E-state index < -0.39 is 17.6 Å². The van der Waals surface area contributed by atoms with Gasteiger partial charge in [-0.25, -0.2) is 0 Å². The predicted molar refractivity (Wildman–Crippen MR) is 93.4 cm³/mol. The summed E-state index contributed by atoms with van der Waals surface area (Å²) in [5.41, 5.74) is -0.148. The molecule has 0 radical (unpaired) electrons. The first-order chi connectivity index (χ1) is 11.9. The van der Waals surface area contributed by atoms with Gasteiger partial charge in [0.1, 0.15) is 0 Å². The Kier molecular flexibility index (Phi) is 5.18. The average molecular weight is 412 g/mol. The van der Waals surface area contributed by atoms with Gasteiger partial charge < -0.3 is 5.32 Å². The van der Waals surface area contributed by atoms with Crippen LogP contribution in [-0.2, 0) is 6.18 Å². The highest BCUT2D eigenvalue weighted by molar-refractivity contribution is 9.10. The van der Waals surface area contributed by atoms with Gasteiger partial charge in [0.05, 0.1) is 11.1 Å². The number of carbonyl (C=O) groups is 1. The van der Waals surface area contributed by atoms with Crippen LogP contribution in [0.15, 0.2) is 53.0 Å². The van der Waals surface area contributed by atoms with Crippen molar-refractivity contribution in [1.29, 1.82) is 0 Å². The maximum absolute atomic E-state index is 13.1. The molecule has 1 aliphatic rings. The summed E-state index contributed by atoms with van der Waals surface area (Å²) in [6.45, 7) is 0. The summed E-state index contributed by atoms with van der Waals surface area (Å²) >= 11 is 3.52. The summed E-state index contributed by atoms with van der Waals surface area (Å²) in [5.74, 6) is -0.575. The molecule has 0 unspecified atom stereocenters. The van der Waals surface area contributed by atoms with Gasteiger partial charge in [-0.1, -0.05) is 52.7 Å². The molecule has 2 atom stereocenters. The largest absolute Gasteiger partial charge is 0.417 e. The summed E-state index contributed by atoms with van der Waals surface area (Å²) in [5, 5.41) is 2.82. The van der Waals surface area contributed by atoms with Gasteiger partial charge in [-0.3, -0.25) is 4.79 Å². The van der Waals surface area contributed by atoms with Crippen LogP contribution >= 0.6 is 15.9 Å². The molecule has 1 amide bonds. The van der Waals surface area contributed by atoms with E-state index in [0.717, 1.165) is 35.4 Å². The lowest BCUT2D eigenvalue weighted by Gasteiger charge is -2.23. The highest BCUT2D eigenvalue weighted by Crippen LogP contribution is 2.38. The number of hydrogen-bond donors (Lipinski definition) is 1. The third-order valence-electron chi connectivity index (χ3n) is 4.61. The fourth-order valence-electron chi connectivity index (χ4n) is 3.46. The Hall–Kier alpha value is -1.82. The zero-order chi connectivity index (χ0) is 18.0. The molecule has 0 spiro atoms. The molecule has 0 saturated heterocycles. The first-order valence-corrected chi connectivity index (χ1v) is 8.88. The predicted octanol–water partition coefficient (Wildman–Crippen LogP) is 5.53. The van der Waals surface area contributed by atoms with Crippen molar-refractivity contribution in [2.24, 2.45) is 0 Å². The molecule has 132 valence electrons. The molecule has 0 heterocycles. The zero-order valence-corrected chi connectivity index (χ0v) is 14.9. The van der Waals surface area contributed by atoms with Crippen LogP contribution < -0.4 is 5.32 Å². The minimum Gasteiger partial charge on any atom is -0.349 e. The number of hydrogen-bond acceptors (Lipinski definition) is 1. The molecular formula is C19H17BrF3NO. The number of nitrogens with one attached hydrogen (secondary N) is 1. The summed E-state index contributed by atoms with van der Waals surface area (Å²) in [6.07, 6.45) is -1.97. The molecule has 0 aliphatic heterocycles. The quantitative estimate of drug-likeness (QED) is 0.706. The number of amides is 1. The molecule has 1 saturated carbocycles. The molecule has 6 heteroatoms. The normalized spacial score (nSPS) is 20.5. The molecule has 2 aromatic carbocycles. The topological polar surface area (TPSA) is 29.1 Å². The van der Waals surface area contributed by atoms with E-state index in [2.05, 4.69) is 21.2 Å². The fourth-order valence-corrected chi connectivity index (χ4v) is 4.03. The van der Waals surface area contributed by atoms with Crippen molar-refractivity contribution < 1.29 is 18.0 Å². The second-order valence-electron chi connectivity index (χ2n) is 6.18. The molecule has 1 fully saturated rings. The Morgan fingerprint density at radius 3 is 2.44 bits per heavy atom. The minimum absolute atomic E-state index is 0.0950. The van der Waals surface area contributed by atoms with E-state index in [4.69, 9.17) is 0 Å². The van der Waals surface area contributed by atoms with E-state index >= 15 is 0 Å². The Bertz CT molecular complexity index is 775. The highest BCUT2D eigenvalue weighted by atomic mass is 79.9. The number of rotatable bonds is 3. The first-order valence-electron chi connectivity index (χ1n) is 8.09. The summed E-state index contributed by atoms with van der Waals surface area (Å²) in [4.78, 5) is 12.5. The van der Waals surface area contributed by atoms with E-state index in [1.54, 1.807) is 0 Å². The molecule has 2 aromatic rings. The first kappa shape index (κ1) is 18.0. The second-order valence-corrected chi connectivity index (χ2v) is 7.04. The summed E-state index contributed by atoms with van der Waals surface area (Å²) < 4.78 is 40.3. The molecule has 1 N–H and O–H groups in total. The van der Waals surface area contributed by atoms with Gasteiger partial charge in [0.2, 0.25) is 0 Å². The molecule has 0 bridgehead atoms. The van der Waals surface area contributed by atoms with E-state index in [-0.39, 0.29) is 17.5 Å². The highest BCUT2D eigenvalue weighted by Gasteiger charge is 2.36. The van der Waals surface area contributed by atoms with Crippen molar-refractivity contribution in [3.63, 3.8) is 0 Å². The number of alkyl halides is 3. The van der Waals surface area contributed by atoms with Crippen molar-refractivity contribution in [3.05, 3.63) is 69.7 Å². The van der Waals surface area contributed by atoms with E-state index in [0.29, 0.717) is 0 Å². The Morgan fingerprint density at radius 2 is 1.72 bits per heavy atom. The number of benzene rings is 2. The van der Waals surface area contributed by atoms with Crippen molar-refractivity contribution in [1.82, 2.24) is 5.32 Å². The van der Waals surface area contributed by atoms with Crippen molar-refractivity contribution in [3.8, 4) is 0 Å². The number of halogens is 4.